The Bertz CT molecular complexity index is 753. The van der Waals surface area contributed by atoms with Gasteiger partial charge in [-0.25, -0.2) is 0 Å². The summed E-state index contributed by atoms with van der Waals surface area (Å²) in [5, 5.41) is 12.6. The summed E-state index contributed by atoms with van der Waals surface area (Å²) in [6.45, 7) is 1.62. The Hall–Kier alpha value is -1.95. The first-order valence-corrected chi connectivity index (χ1v) is 6.96. The van der Waals surface area contributed by atoms with Gasteiger partial charge in [0.25, 0.3) is 0 Å². The van der Waals surface area contributed by atoms with Crippen molar-refractivity contribution in [2.45, 2.75) is 18.2 Å². The fourth-order valence-electron chi connectivity index (χ4n) is 1.90. The highest BCUT2D eigenvalue weighted by Crippen LogP contribution is 2.24. The molecule has 96 valence electrons. The minimum Gasteiger partial charge on any atom is -0.300 e. The molecule has 0 aliphatic carbocycles. The molecule has 0 aliphatic rings. The van der Waals surface area contributed by atoms with Crippen molar-refractivity contribution < 1.29 is 4.79 Å². The van der Waals surface area contributed by atoms with E-state index in [-0.39, 0.29) is 5.78 Å². The van der Waals surface area contributed by atoms with Crippen molar-refractivity contribution in [3.05, 3.63) is 30.3 Å². The molecule has 0 unspecified atom stereocenters. The van der Waals surface area contributed by atoms with E-state index in [0.29, 0.717) is 6.42 Å². The van der Waals surface area contributed by atoms with Crippen LogP contribution in [0.15, 0.2) is 35.2 Å². The lowest BCUT2D eigenvalue weighted by atomic mass is 10.2. The lowest BCUT2D eigenvalue weighted by molar-refractivity contribution is -0.116. The van der Waals surface area contributed by atoms with Gasteiger partial charge in [0.1, 0.15) is 5.78 Å². The van der Waals surface area contributed by atoms with Gasteiger partial charge in [0.15, 0.2) is 5.65 Å². The molecule has 19 heavy (non-hydrogen) atoms. The molecule has 6 heteroatoms. The lowest BCUT2D eigenvalue weighted by Gasteiger charge is -2.03. The quantitative estimate of drug-likeness (QED) is 0.682. The molecule has 2 aromatic heterocycles. The highest BCUT2D eigenvalue weighted by molar-refractivity contribution is 7.99. The van der Waals surface area contributed by atoms with Crippen molar-refractivity contribution in [1.29, 1.82) is 0 Å². The predicted octanol–water partition coefficient (Wildman–Crippen LogP) is 2.35. The lowest BCUT2D eigenvalue weighted by Crippen LogP contribution is -1.92. The van der Waals surface area contributed by atoms with Crippen molar-refractivity contribution in [2.75, 3.05) is 5.75 Å². The normalized spacial score (nSPS) is 11.2. The van der Waals surface area contributed by atoms with Gasteiger partial charge >= 0.3 is 0 Å². The van der Waals surface area contributed by atoms with E-state index in [2.05, 4.69) is 21.6 Å². The van der Waals surface area contributed by atoms with Gasteiger partial charge in [-0.05, 0) is 47.7 Å². The second-order valence-electron chi connectivity index (χ2n) is 4.30. The number of ketones is 1. The standard InChI is InChI=1S/C13H12N4OS/c1-9(18)6-7-19-11-3-4-12-10(8-11)2-5-13-14-15-16-17(12)13/h2-5,8H,6-7H2,1H3. The number of tetrazole rings is 1. The van der Waals surface area contributed by atoms with Crippen LogP contribution in [0.4, 0.5) is 0 Å². The molecular weight excluding hydrogens is 260 g/mol. The molecule has 0 aliphatic heterocycles. The van der Waals surface area contributed by atoms with Gasteiger partial charge in [0, 0.05) is 22.5 Å². The zero-order valence-corrected chi connectivity index (χ0v) is 11.2. The minimum atomic E-state index is 0.226. The van der Waals surface area contributed by atoms with Crippen LogP contribution in [-0.4, -0.2) is 31.6 Å². The molecule has 0 bridgehead atoms. The minimum absolute atomic E-state index is 0.226. The summed E-state index contributed by atoms with van der Waals surface area (Å²) in [6, 6.07) is 10.0. The molecule has 0 spiro atoms. The maximum Gasteiger partial charge on any atom is 0.179 e. The molecule has 0 saturated carbocycles. The molecule has 3 aromatic rings. The van der Waals surface area contributed by atoms with Crippen molar-refractivity contribution >= 4 is 34.1 Å². The fraction of sp³-hybridized carbons (Fsp3) is 0.231. The highest BCUT2D eigenvalue weighted by atomic mass is 32.2. The predicted molar refractivity (Wildman–Crippen MR) is 74.3 cm³/mol. The number of aromatic nitrogens is 4. The van der Waals surface area contributed by atoms with E-state index in [9.17, 15) is 4.79 Å². The van der Waals surface area contributed by atoms with E-state index < -0.39 is 0 Å². The van der Waals surface area contributed by atoms with Crippen LogP contribution in [0.1, 0.15) is 13.3 Å². The number of carbonyl (C=O) groups excluding carboxylic acids is 1. The number of thioether (sulfide) groups is 1. The van der Waals surface area contributed by atoms with E-state index in [1.807, 2.05) is 24.3 Å². The first kappa shape index (κ1) is 12.1. The van der Waals surface area contributed by atoms with E-state index in [0.717, 1.165) is 27.2 Å². The summed E-state index contributed by atoms with van der Waals surface area (Å²) >= 11 is 1.69. The van der Waals surface area contributed by atoms with Gasteiger partial charge in [-0.2, -0.15) is 4.52 Å². The van der Waals surface area contributed by atoms with E-state index in [1.165, 1.54) is 0 Å². The summed E-state index contributed by atoms with van der Waals surface area (Å²) < 4.78 is 1.72. The second kappa shape index (κ2) is 4.97. The molecule has 0 atom stereocenters. The van der Waals surface area contributed by atoms with E-state index in [4.69, 9.17) is 0 Å². The number of hydrogen-bond acceptors (Lipinski definition) is 5. The average molecular weight is 272 g/mol. The number of pyridine rings is 1. The summed E-state index contributed by atoms with van der Waals surface area (Å²) in [5.74, 6) is 1.04. The number of nitrogens with zero attached hydrogens (tertiary/aromatic N) is 4. The number of Topliss-reactive ketones (excluding diaryl/α,β-unsaturated/α-hetero) is 1. The third kappa shape index (κ3) is 2.44. The van der Waals surface area contributed by atoms with Crippen molar-refractivity contribution in [2.24, 2.45) is 0 Å². The number of hydrogen-bond donors (Lipinski definition) is 0. The SMILES string of the molecule is CC(=O)CCSc1ccc2c(ccc3nnnn32)c1. The summed E-state index contributed by atoms with van der Waals surface area (Å²) in [6.07, 6.45) is 0.606. The molecule has 0 N–H and O–H groups in total. The Labute approximate surface area is 114 Å². The van der Waals surface area contributed by atoms with E-state index in [1.54, 1.807) is 23.2 Å². The Morgan fingerprint density at radius 1 is 1.32 bits per heavy atom. The van der Waals surface area contributed by atoms with Crippen molar-refractivity contribution in [3.8, 4) is 0 Å². The Kier molecular flexibility index (Phi) is 3.16. The molecule has 0 amide bonds. The fourth-order valence-corrected chi connectivity index (χ4v) is 2.90. The molecule has 3 rings (SSSR count). The van der Waals surface area contributed by atoms with Crippen LogP contribution in [0.5, 0.6) is 0 Å². The zero-order chi connectivity index (χ0) is 13.2. The van der Waals surface area contributed by atoms with E-state index >= 15 is 0 Å². The molecule has 1 aromatic carbocycles. The Morgan fingerprint density at radius 2 is 2.21 bits per heavy atom. The van der Waals surface area contributed by atoms with Crippen LogP contribution in [0.25, 0.3) is 16.6 Å². The average Bonchev–Trinajstić information content (AvgIpc) is 2.86. The van der Waals surface area contributed by atoms with Crippen LogP contribution in [0.3, 0.4) is 0 Å². The Morgan fingerprint density at radius 3 is 3.05 bits per heavy atom. The molecule has 0 radical (unpaired) electrons. The van der Waals surface area contributed by atoms with Crippen molar-refractivity contribution in [3.63, 3.8) is 0 Å². The monoisotopic (exact) mass is 272 g/mol. The van der Waals surface area contributed by atoms with Gasteiger partial charge in [-0.3, -0.25) is 4.79 Å². The van der Waals surface area contributed by atoms with Crippen LogP contribution in [0, 0.1) is 0 Å². The third-order valence-electron chi connectivity index (χ3n) is 2.86. The molecule has 0 saturated heterocycles. The molecule has 0 fully saturated rings. The number of benzene rings is 1. The maximum absolute atomic E-state index is 10.9. The van der Waals surface area contributed by atoms with Gasteiger partial charge in [-0.15, -0.1) is 16.9 Å². The number of fused-ring (bicyclic) bond motifs is 3. The first-order valence-electron chi connectivity index (χ1n) is 5.97. The van der Waals surface area contributed by atoms with Gasteiger partial charge in [0.2, 0.25) is 0 Å². The summed E-state index contributed by atoms with van der Waals surface area (Å²) in [5.41, 5.74) is 1.72. The van der Waals surface area contributed by atoms with Crippen LogP contribution in [0.2, 0.25) is 0 Å². The number of carbonyl (C=O) groups is 1. The number of rotatable bonds is 4. The van der Waals surface area contributed by atoms with Crippen molar-refractivity contribution in [1.82, 2.24) is 20.0 Å². The van der Waals surface area contributed by atoms with Crippen LogP contribution >= 0.6 is 11.8 Å². The topological polar surface area (TPSA) is 60.2 Å². The molecule has 5 nitrogen and oxygen atoms in total. The van der Waals surface area contributed by atoms with Gasteiger partial charge in [0.05, 0.1) is 5.52 Å². The summed E-state index contributed by atoms with van der Waals surface area (Å²) in [4.78, 5) is 12.1. The molecule has 2 heterocycles. The smallest absolute Gasteiger partial charge is 0.179 e. The zero-order valence-electron chi connectivity index (χ0n) is 10.4. The first-order chi connectivity index (χ1) is 9.24. The maximum atomic E-state index is 10.9. The Balaban J connectivity index is 1.92. The van der Waals surface area contributed by atoms with Gasteiger partial charge in [-0.1, -0.05) is 0 Å². The molecular formula is C13H12N4OS. The summed E-state index contributed by atoms with van der Waals surface area (Å²) in [7, 11) is 0. The highest BCUT2D eigenvalue weighted by Gasteiger charge is 2.04. The van der Waals surface area contributed by atoms with Gasteiger partial charge < -0.3 is 0 Å². The van der Waals surface area contributed by atoms with Crippen LogP contribution in [-0.2, 0) is 4.79 Å². The third-order valence-corrected chi connectivity index (χ3v) is 3.85. The largest absolute Gasteiger partial charge is 0.300 e. The second-order valence-corrected chi connectivity index (χ2v) is 5.47. The van der Waals surface area contributed by atoms with Crippen LogP contribution < -0.4 is 0 Å².